The lowest BCUT2D eigenvalue weighted by atomic mass is 9.95. The number of aromatic nitrogens is 2. The largest absolute Gasteiger partial charge is 0.489 e. The first-order valence-electron chi connectivity index (χ1n) is 16.1. The Morgan fingerprint density at radius 3 is 2.84 bits per heavy atom. The summed E-state index contributed by atoms with van der Waals surface area (Å²) in [7, 11) is 0. The molecule has 2 aromatic carbocycles. The molecule has 0 saturated carbocycles. The smallest absolute Gasteiger partial charge is 0.345 e. The normalized spacial score (nSPS) is 25.3. The highest BCUT2D eigenvalue weighted by Crippen LogP contribution is 2.51. The number of nitrogens with zero attached hydrogens (tertiary/aromatic N) is 5. The van der Waals surface area contributed by atoms with Gasteiger partial charge in [-0.2, -0.15) is 24.0 Å². The molecule has 9 nitrogen and oxygen atoms in total. The number of ether oxygens (including phenoxy) is 3. The predicted molar refractivity (Wildman–Crippen MR) is 174 cm³/mol. The molecule has 49 heavy (non-hydrogen) atoms. The van der Waals surface area contributed by atoms with E-state index < -0.39 is 42.1 Å². The lowest BCUT2D eigenvalue weighted by Crippen LogP contribution is -2.43. The SMILES string of the molecule is N#Cc1c(N)sc2c(F)ccc(-c3c(Cl)c4c5c(nc(OC[C@@]67CCCN6C[C@H](F)C7)nc5c3F)N3CCCC(OC(F)F)CC3CO4)c12. The molecule has 3 fully saturated rings. The van der Waals surface area contributed by atoms with Crippen molar-refractivity contribution in [3.63, 3.8) is 0 Å². The van der Waals surface area contributed by atoms with Crippen LogP contribution >= 0.6 is 22.9 Å². The Kier molecular flexibility index (Phi) is 8.13. The molecule has 6 heterocycles. The van der Waals surface area contributed by atoms with Crippen LogP contribution in [0.2, 0.25) is 5.02 Å². The van der Waals surface area contributed by atoms with Crippen LogP contribution in [0, 0.1) is 23.0 Å². The lowest BCUT2D eigenvalue weighted by molar-refractivity contribution is -0.166. The third kappa shape index (κ3) is 5.30. The Labute approximate surface area is 286 Å². The number of fused-ring (bicyclic) bond motifs is 4. The fourth-order valence-electron chi connectivity index (χ4n) is 8.14. The maximum Gasteiger partial charge on any atom is 0.345 e. The van der Waals surface area contributed by atoms with Gasteiger partial charge in [-0.3, -0.25) is 4.90 Å². The summed E-state index contributed by atoms with van der Waals surface area (Å²) >= 11 is 7.86. The molecule has 16 heteroatoms. The molecule has 0 amide bonds. The van der Waals surface area contributed by atoms with E-state index in [9.17, 15) is 22.8 Å². The van der Waals surface area contributed by atoms with Gasteiger partial charge in [0, 0.05) is 30.5 Å². The topological polar surface area (TPSA) is 110 Å². The monoisotopic (exact) mass is 720 g/mol. The van der Waals surface area contributed by atoms with Crippen LogP contribution in [0.25, 0.3) is 32.1 Å². The second-order valence-corrected chi connectivity index (χ2v) is 14.5. The quantitative estimate of drug-likeness (QED) is 0.207. The molecule has 2 aromatic heterocycles. The summed E-state index contributed by atoms with van der Waals surface area (Å²) in [6.45, 7) is -1.49. The number of halogens is 6. The van der Waals surface area contributed by atoms with Crippen molar-refractivity contribution in [2.24, 2.45) is 0 Å². The summed E-state index contributed by atoms with van der Waals surface area (Å²) in [5, 5.41) is 10.1. The first-order valence-corrected chi connectivity index (χ1v) is 17.3. The number of hydrogen-bond donors (Lipinski definition) is 1. The van der Waals surface area contributed by atoms with E-state index in [1.165, 1.54) is 6.07 Å². The molecule has 2 N–H and O–H groups in total. The number of thiophene rings is 1. The van der Waals surface area contributed by atoms with Gasteiger partial charge in [0.1, 0.15) is 47.6 Å². The summed E-state index contributed by atoms with van der Waals surface area (Å²) in [4.78, 5) is 13.2. The van der Waals surface area contributed by atoms with E-state index in [2.05, 4.69) is 9.88 Å². The number of rotatable bonds is 6. The first-order chi connectivity index (χ1) is 23.6. The van der Waals surface area contributed by atoms with Crippen molar-refractivity contribution < 1.29 is 36.2 Å². The second kappa shape index (κ2) is 12.3. The lowest BCUT2D eigenvalue weighted by Gasteiger charge is -2.32. The highest BCUT2D eigenvalue weighted by molar-refractivity contribution is 7.23. The minimum absolute atomic E-state index is 0.0224. The van der Waals surface area contributed by atoms with Gasteiger partial charge >= 0.3 is 12.6 Å². The molecular formula is C33H30ClF5N6O3S. The van der Waals surface area contributed by atoms with Crippen molar-refractivity contribution in [2.45, 2.75) is 69.0 Å². The number of benzene rings is 2. The van der Waals surface area contributed by atoms with E-state index in [4.69, 9.17) is 36.5 Å². The van der Waals surface area contributed by atoms with Gasteiger partial charge in [-0.1, -0.05) is 17.7 Å². The fourth-order valence-corrected chi connectivity index (χ4v) is 9.42. The van der Waals surface area contributed by atoms with Crippen LogP contribution in [0.5, 0.6) is 11.8 Å². The average Bonchev–Trinajstić information content (AvgIpc) is 3.61. The van der Waals surface area contributed by atoms with Gasteiger partial charge in [-0.25, -0.2) is 13.2 Å². The van der Waals surface area contributed by atoms with E-state index in [0.717, 1.165) is 36.8 Å². The molecule has 4 atom stereocenters. The maximum atomic E-state index is 17.2. The van der Waals surface area contributed by atoms with Crippen molar-refractivity contribution in [1.82, 2.24) is 14.9 Å². The molecule has 258 valence electrons. The van der Waals surface area contributed by atoms with E-state index in [1.54, 1.807) is 0 Å². The molecular weight excluding hydrogens is 691 g/mol. The Balaban J connectivity index is 1.32. The van der Waals surface area contributed by atoms with Gasteiger partial charge in [-0.15, -0.1) is 11.3 Å². The zero-order valence-corrected chi connectivity index (χ0v) is 27.5. The zero-order chi connectivity index (χ0) is 34.2. The fraction of sp³-hybridized carbons (Fsp3) is 0.485. The molecule has 2 unspecified atom stereocenters. The van der Waals surface area contributed by atoms with Crippen molar-refractivity contribution in [2.75, 3.05) is 43.5 Å². The Hall–Kier alpha value is -3.71. The molecule has 8 rings (SSSR count). The molecule has 4 aliphatic rings. The summed E-state index contributed by atoms with van der Waals surface area (Å²) in [6, 6.07) is 3.79. The minimum Gasteiger partial charge on any atom is -0.489 e. The third-order valence-corrected chi connectivity index (χ3v) is 11.6. The Morgan fingerprint density at radius 2 is 2.04 bits per heavy atom. The van der Waals surface area contributed by atoms with Gasteiger partial charge in [0.25, 0.3) is 0 Å². The van der Waals surface area contributed by atoms with E-state index in [1.807, 2.05) is 11.0 Å². The van der Waals surface area contributed by atoms with Crippen LogP contribution in [-0.2, 0) is 4.74 Å². The van der Waals surface area contributed by atoms with Crippen LogP contribution in [0.3, 0.4) is 0 Å². The highest BCUT2D eigenvalue weighted by atomic mass is 35.5. The molecule has 4 aromatic rings. The number of alkyl halides is 3. The number of nitriles is 1. The van der Waals surface area contributed by atoms with Crippen molar-refractivity contribution >= 4 is 54.7 Å². The number of nitrogen functional groups attached to an aromatic ring is 1. The van der Waals surface area contributed by atoms with Crippen LogP contribution < -0.4 is 20.1 Å². The number of hydrogen-bond acceptors (Lipinski definition) is 10. The van der Waals surface area contributed by atoms with Crippen LogP contribution in [0.1, 0.15) is 44.1 Å². The molecule has 0 spiro atoms. The molecule has 4 aliphatic heterocycles. The van der Waals surface area contributed by atoms with E-state index in [-0.39, 0.29) is 84.9 Å². The summed E-state index contributed by atoms with van der Waals surface area (Å²) in [5.41, 5.74) is 5.23. The van der Waals surface area contributed by atoms with Crippen molar-refractivity contribution in [1.29, 1.82) is 5.26 Å². The number of nitrogens with two attached hydrogens (primary N) is 1. The molecule has 0 radical (unpaired) electrons. The van der Waals surface area contributed by atoms with E-state index in [0.29, 0.717) is 32.4 Å². The van der Waals surface area contributed by atoms with Gasteiger partial charge < -0.3 is 24.8 Å². The standard InChI is InChI=1S/C33H30ClF5N6O3S/c34-24-22(18-4-5-20(36)28-21(18)19(11-40)29(41)49-28)25(37)26-23-27(24)46-13-16-9-17(48-31(38)39)3-1-8-45(16)30(23)43-32(42-26)47-14-33-6-2-7-44(33)12-15(35)10-33/h4-5,15-17,31H,1-3,6-10,12-14,41H2/t15-,16?,17?,33+/m1/s1. The van der Waals surface area contributed by atoms with Gasteiger partial charge in [0.15, 0.2) is 11.6 Å². The minimum atomic E-state index is -2.96. The molecule has 3 saturated heterocycles. The first kappa shape index (κ1) is 32.5. The van der Waals surface area contributed by atoms with Crippen LogP contribution in [0.4, 0.5) is 32.8 Å². The van der Waals surface area contributed by atoms with Gasteiger partial charge in [0.2, 0.25) is 0 Å². The zero-order valence-electron chi connectivity index (χ0n) is 26.0. The average molecular weight is 721 g/mol. The van der Waals surface area contributed by atoms with Crippen LogP contribution in [0.15, 0.2) is 12.1 Å². The predicted octanol–water partition coefficient (Wildman–Crippen LogP) is 7.21. The van der Waals surface area contributed by atoms with Gasteiger partial charge in [0.05, 0.1) is 38.4 Å². The summed E-state index contributed by atoms with van der Waals surface area (Å²) in [5.74, 6) is -1.23. The molecule has 0 aliphatic carbocycles. The van der Waals surface area contributed by atoms with Crippen molar-refractivity contribution in [3.8, 4) is 29.0 Å². The maximum absolute atomic E-state index is 17.2. The summed E-state index contributed by atoms with van der Waals surface area (Å²) < 4.78 is 90.7. The second-order valence-electron chi connectivity index (χ2n) is 13.1. The van der Waals surface area contributed by atoms with Crippen molar-refractivity contribution in [3.05, 3.63) is 34.4 Å². The van der Waals surface area contributed by atoms with E-state index >= 15 is 4.39 Å². The highest BCUT2D eigenvalue weighted by Gasteiger charge is 2.49. The van der Waals surface area contributed by atoms with Crippen LogP contribution in [-0.4, -0.2) is 78.2 Å². The third-order valence-electron chi connectivity index (χ3n) is 10.3. The number of anilines is 2. The Bertz CT molecular complexity index is 2030. The summed E-state index contributed by atoms with van der Waals surface area (Å²) in [6.07, 6.45) is 1.16. The molecule has 0 bridgehead atoms. The Morgan fingerprint density at radius 1 is 1.20 bits per heavy atom. The van der Waals surface area contributed by atoms with Gasteiger partial charge in [-0.05, 0) is 50.3 Å².